The molecule has 0 atom stereocenters. The standard InChI is InChI=1S/C12H13NS2/c1-12(2,3)11-13-9-7-5-4-6-8(9)10(14)15-11/h4-7H,1-3H3. The van der Waals surface area contributed by atoms with Gasteiger partial charge in [0.15, 0.2) is 0 Å². The lowest BCUT2D eigenvalue weighted by Crippen LogP contribution is -2.11. The van der Waals surface area contributed by atoms with Crippen LogP contribution in [0.15, 0.2) is 24.3 Å². The molecule has 0 amide bonds. The number of rotatable bonds is 0. The smallest absolute Gasteiger partial charge is 0.101 e. The first-order chi connectivity index (χ1) is 6.98. The van der Waals surface area contributed by atoms with Gasteiger partial charge in [-0.1, -0.05) is 51.2 Å². The molecule has 1 nitrogen and oxygen atoms in total. The summed E-state index contributed by atoms with van der Waals surface area (Å²) in [5.41, 5.74) is 1.08. The lowest BCUT2D eigenvalue weighted by Gasteiger charge is -2.16. The van der Waals surface area contributed by atoms with Crippen molar-refractivity contribution in [1.82, 2.24) is 4.98 Å². The van der Waals surface area contributed by atoms with Crippen molar-refractivity contribution in [2.45, 2.75) is 26.2 Å². The summed E-state index contributed by atoms with van der Waals surface area (Å²) in [6.45, 7) is 6.49. The van der Waals surface area contributed by atoms with Crippen LogP contribution in [-0.2, 0) is 5.41 Å². The minimum atomic E-state index is 0.0717. The summed E-state index contributed by atoms with van der Waals surface area (Å²) in [6.07, 6.45) is 0. The maximum absolute atomic E-state index is 5.39. The molecule has 0 aliphatic rings. The molecule has 15 heavy (non-hydrogen) atoms. The first kappa shape index (κ1) is 10.7. The summed E-state index contributed by atoms with van der Waals surface area (Å²) in [6, 6.07) is 8.06. The van der Waals surface area contributed by atoms with Crippen molar-refractivity contribution in [2.75, 3.05) is 0 Å². The summed E-state index contributed by atoms with van der Waals surface area (Å²) in [4.78, 5) is 4.66. The second-order valence-corrected chi connectivity index (χ2v) is 6.24. The summed E-state index contributed by atoms with van der Waals surface area (Å²) in [5.74, 6) is 0. The molecule has 0 N–H and O–H groups in total. The van der Waals surface area contributed by atoms with Crippen LogP contribution in [0.4, 0.5) is 0 Å². The van der Waals surface area contributed by atoms with Crippen LogP contribution in [0.1, 0.15) is 25.8 Å². The Kier molecular flexibility index (Phi) is 2.61. The minimum Gasteiger partial charge on any atom is -0.241 e. The van der Waals surface area contributed by atoms with Crippen LogP contribution in [0.3, 0.4) is 0 Å². The number of hydrogen-bond donors (Lipinski definition) is 0. The Labute approximate surface area is 98.8 Å². The molecule has 1 aromatic carbocycles. The fraction of sp³-hybridized carbons (Fsp3) is 0.333. The molecule has 3 heteroatoms. The number of benzene rings is 1. The Morgan fingerprint density at radius 2 is 1.87 bits per heavy atom. The molecule has 0 bridgehead atoms. The fourth-order valence-electron chi connectivity index (χ4n) is 1.34. The van der Waals surface area contributed by atoms with Gasteiger partial charge in [-0.15, -0.1) is 11.3 Å². The van der Waals surface area contributed by atoms with E-state index in [4.69, 9.17) is 12.2 Å². The monoisotopic (exact) mass is 235 g/mol. The van der Waals surface area contributed by atoms with E-state index < -0.39 is 0 Å². The molecule has 0 fully saturated rings. The summed E-state index contributed by atoms with van der Waals surface area (Å²) in [5, 5.41) is 2.19. The van der Waals surface area contributed by atoms with E-state index in [9.17, 15) is 0 Å². The van der Waals surface area contributed by atoms with Crippen molar-refractivity contribution in [3.05, 3.63) is 33.1 Å². The Balaban J connectivity index is 2.79. The molecule has 0 spiro atoms. The lowest BCUT2D eigenvalue weighted by atomic mass is 9.98. The molecule has 1 heterocycles. The highest BCUT2D eigenvalue weighted by atomic mass is 32.1. The third-order valence-electron chi connectivity index (χ3n) is 2.18. The largest absolute Gasteiger partial charge is 0.241 e. The van der Waals surface area contributed by atoms with Crippen LogP contribution in [-0.4, -0.2) is 4.98 Å². The van der Waals surface area contributed by atoms with Gasteiger partial charge in [0.1, 0.15) is 3.82 Å². The highest BCUT2D eigenvalue weighted by molar-refractivity contribution is 7.73. The third-order valence-corrected chi connectivity index (χ3v) is 3.95. The van der Waals surface area contributed by atoms with E-state index in [0.717, 1.165) is 19.7 Å². The molecule has 0 aliphatic heterocycles. The number of hydrogen-bond acceptors (Lipinski definition) is 3. The third kappa shape index (κ3) is 2.08. The summed E-state index contributed by atoms with van der Waals surface area (Å²) < 4.78 is 0.936. The topological polar surface area (TPSA) is 12.9 Å². The molecule has 0 aliphatic carbocycles. The quantitative estimate of drug-likeness (QED) is 0.631. The average Bonchev–Trinajstić information content (AvgIpc) is 2.16. The van der Waals surface area contributed by atoms with E-state index in [-0.39, 0.29) is 5.41 Å². The van der Waals surface area contributed by atoms with Crippen molar-refractivity contribution >= 4 is 34.5 Å². The van der Waals surface area contributed by atoms with Gasteiger partial charge in [0.05, 0.1) is 10.5 Å². The first-order valence-corrected chi connectivity index (χ1v) is 6.11. The molecule has 0 saturated heterocycles. The van der Waals surface area contributed by atoms with Gasteiger partial charge in [-0.3, -0.25) is 0 Å². The fourth-order valence-corrected chi connectivity index (χ4v) is 2.66. The second-order valence-electron chi connectivity index (χ2n) is 4.57. The Bertz CT molecular complexity index is 549. The van der Waals surface area contributed by atoms with Gasteiger partial charge in [-0.2, -0.15) is 0 Å². The predicted octanol–water partition coefficient (Wildman–Crippen LogP) is 4.32. The van der Waals surface area contributed by atoms with E-state index in [1.807, 2.05) is 24.3 Å². The molecule has 2 rings (SSSR count). The van der Waals surface area contributed by atoms with Gasteiger partial charge >= 0.3 is 0 Å². The van der Waals surface area contributed by atoms with E-state index in [1.165, 1.54) is 0 Å². The lowest BCUT2D eigenvalue weighted by molar-refractivity contribution is 0.586. The Hall–Kier alpha value is -0.800. The highest BCUT2D eigenvalue weighted by Crippen LogP contribution is 2.28. The maximum Gasteiger partial charge on any atom is 0.101 e. The van der Waals surface area contributed by atoms with E-state index >= 15 is 0 Å². The van der Waals surface area contributed by atoms with Crippen molar-refractivity contribution in [3.8, 4) is 0 Å². The van der Waals surface area contributed by atoms with Crippen LogP contribution in [0.2, 0.25) is 0 Å². The van der Waals surface area contributed by atoms with Crippen LogP contribution < -0.4 is 0 Å². The van der Waals surface area contributed by atoms with Crippen LogP contribution in [0.5, 0.6) is 0 Å². The molecule has 0 unspecified atom stereocenters. The number of aromatic nitrogens is 1. The Morgan fingerprint density at radius 3 is 2.53 bits per heavy atom. The SMILES string of the molecule is CC(C)(C)c1nc2ccccc2c(=S)s1. The second kappa shape index (κ2) is 3.65. The molecular weight excluding hydrogens is 222 g/mol. The van der Waals surface area contributed by atoms with Crippen molar-refractivity contribution in [1.29, 1.82) is 0 Å². The van der Waals surface area contributed by atoms with Gasteiger partial charge in [0.2, 0.25) is 0 Å². The number of nitrogens with zero attached hydrogens (tertiary/aromatic N) is 1. The van der Waals surface area contributed by atoms with Gasteiger partial charge in [-0.25, -0.2) is 4.98 Å². The van der Waals surface area contributed by atoms with Gasteiger partial charge in [-0.05, 0) is 6.07 Å². The van der Waals surface area contributed by atoms with E-state index in [0.29, 0.717) is 0 Å². The highest BCUT2D eigenvalue weighted by Gasteiger charge is 2.17. The average molecular weight is 235 g/mol. The molecule has 78 valence electrons. The molecular formula is C12H13NS2. The summed E-state index contributed by atoms with van der Waals surface area (Å²) in [7, 11) is 0. The van der Waals surface area contributed by atoms with Crippen molar-refractivity contribution < 1.29 is 0 Å². The molecule has 2 aromatic rings. The van der Waals surface area contributed by atoms with Crippen LogP contribution in [0.25, 0.3) is 10.9 Å². The van der Waals surface area contributed by atoms with E-state index in [2.05, 4.69) is 25.8 Å². The zero-order valence-electron chi connectivity index (χ0n) is 9.07. The zero-order chi connectivity index (χ0) is 11.1. The minimum absolute atomic E-state index is 0.0717. The van der Waals surface area contributed by atoms with Crippen LogP contribution >= 0.6 is 23.6 Å². The normalized spacial score (nSPS) is 11.9. The van der Waals surface area contributed by atoms with Gasteiger partial charge in [0, 0.05) is 10.8 Å². The maximum atomic E-state index is 5.39. The van der Waals surface area contributed by atoms with Crippen molar-refractivity contribution in [3.63, 3.8) is 0 Å². The predicted molar refractivity (Wildman–Crippen MR) is 69.2 cm³/mol. The van der Waals surface area contributed by atoms with E-state index in [1.54, 1.807) is 11.3 Å². The number of para-hydroxylation sites is 1. The van der Waals surface area contributed by atoms with Crippen LogP contribution in [0, 0.1) is 3.82 Å². The molecule has 0 radical (unpaired) electrons. The number of fused-ring (bicyclic) bond motifs is 1. The van der Waals surface area contributed by atoms with Crippen molar-refractivity contribution in [2.24, 2.45) is 0 Å². The zero-order valence-corrected chi connectivity index (χ0v) is 10.7. The first-order valence-electron chi connectivity index (χ1n) is 4.89. The molecule has 1 aromatic heterocycles. The van der Waals surface area contributed by atoms with Gasteiger partial charge in [0.25, 0.3) is 0 Å². The molecule has 0 saturated carbocycles. The van der Waals surface area contributed by atoms with Gasteiger partial charge < -0.3 is 0 Å². The summed E-state index contributed by atoms with van der Waals surface area (Å²) >= 11 is 7.01. The Morgan fingerprint density at radius 1 is 1.20 bits per heavy atom.